The van der Waals surface area contributed by atoms with E-state index in [1.807, 2.05) is 0 Å². The topological polar surface area (TPSA) is 94.7 Å². The van der Waals surface area contributed by atoms with Gasteiger partial charge in [0.25, 0.3) is 5.56 Å². The number of fused-ring (bicyclic) bond motifs is 1. The summed E-state index contributed by atoms with van der Waals surface area (Å²) in [5.74, 6) is -0.0277. The van der Waals surface area contributed by atoms with E-state index in [1.54, 1.807) is 0 Å². The number of hydrogen-bond acceptors (Lipinski definition) is 4. The number of anilines is 1. The number of aromatic amines is 2. The summed E-state index contributed by atoms with van der Waals surface area (Å²) in [4.78, 5) is 36.8. The van der Waals surface area contributed by atoms with Crippen molar-refractivity contribution < 1.29 is 4.79 Å². The molecule has 0 saturated heterocycles. The zero-order chi connectivity index (χ0) is 11.0. The van der Waals surface area contributed by atoms with Crippen molar-refractivity contribution in [1.29, 1.82) is 0 Å². The van der Waals surface area contributed by atoms with Crippen molar-refractivity contribution in [2.24, 2.45) is 0 Å². The normalized spacial score (nSPS) is 10.5. The van der Waals surface area contributed by atoms with Gasteiger partial charge in [0.05, 0.1) is 6.33 Å². The fourth-order valence-corrected chi connectivity index (χ4v) is 1.14. The summed E-state index contributed by atoms with van der Waals surface area (Å²) >= 11 is 0. The van der Waals surface area contributed by atoms with Crippen LogP contribution in [0.15, 0.2) is 11.1 Å². The van der Waals surface area contributed by atoms with Crippen molar-refractivity contribution in [2.45, 2.75) is 6.92 Å². The maximum atomic E-state index is 11.5. The summed E-state index contributed by atoms with van der Waals surface area (Å²) < 4.78 is 0. The van der Waals surface area contributed by atoms with Gasteiger partial charge in [-0.3, -0.25) is 19.5 Å². The molecule has 0 fully saturated rings. The van der Waals surface area contributed by atoms with Crippen LogP contribution in [-0.4, -0.2) is 32.9 Å². The number of imidazole rings is 1. The Labute approximate surface area is 84.2 Å². The molecule has 78 valence electrons. The van der Waals surface area contributed by atoms with E-state index in [2.05, 4.69) is 19.9 Å². The molecular weight excluding hydrogens is 198 g/mol. The van der Waals surface area contributed by atoms with Gasteiger partial charge in [0.2, 0.25) is 11.9 Å². The molecule has 2 N–H and O–H groups in total. The van der Waals surface area contributed by atoms with Crippen LogP contribution in [-0.2, 0) is 4.79 Å². The number of carbonyl (C=O) groups is 1. The Morgan fingerprint density at radius 2 is 2.27 bits per heavy atom. The quantitative estimate of drug-likeness (QED) is 0.666. The molecule has 7 nitrogen and oxygen atoms in total. The predicted octanol–water partition coefficient (Wildman–Crippen LogP) is -0.371. The lowest BCUT2D eigenvalue weighted by Crippen LogP contribution is -2.27. The van der Waals surface area contributed by atoms with Crippen LogP contribution in [0.3, 0.4) is 0 Å². The van der Waals surface area contributed by atoms with Gasteiger partial charge in [0.15, 0.2) is 11.2 Å². The minimum absolute atomic E-state index is 0.187. The zero-order valence-electron chi connectivity index (χ0n) is 8.24. The van der Waals surface area contributed by atoms with E-state index in [1.165, 1.54) is 25.2 Å². The first kappa shape index (κ1) is 9.38. The van der Waals surface area contributed by atoms with E-state index in [0.29, 0.717) is 11.2 Å². The Kier molecular flexibility index (Phi) is 2.00. The molecule has 0 saturated carbocycles. The zero-order valence-corrected chi connectivity index (χ0v) is 8.24. The smallest absolute Gasteiger partial charge is 0.278 e. The molecule has 0 aliphatic carbocycles. The van der Waals surface area contributed by atoms with Gasteiger partial charge in [0.1, 0.15) is 0 Å². The Morgan fingerprint density at radius 1 is 1.53 bits per heavy atom. The van der Waals surface area contributed by atoms with Gasteiger partial charge in [-0.2, -0.15) is 4.98 Å². The van der Waals surface area contributed by atoms with E-state index in [-0.39, 0.29) is 17.4 Å². The summed E-state index contributed by atoms with van der Waals surface area (Å²) in [6.07, 6.45) is 1.38. The van der Waals surface area contributed by atoms with Crippen LogP contribution < -0.4 is 10.5 Å². The molecule has 0 aliphatic rings. The molecule has 2 aromatic rings. The van der Waals surface area contributed by atoms with Gasteiger partial charge in [-0.1, -0.05) is 0 Å². The highest BCUT2D eigenvalue weighted by atomic mass is 16.2. The molecule has 0 spiro atoms. The van der Waals surface area contributed by atoms with Crippen molar-refractivity contribution in [3.8, 4) is 0 Å². The number of H-pyrrole nitrogens is 2. The Hall–Kier alpha value is -2.18. The summed E-state index contributed by atoms with van der Waals surface area (Å²) in [5.41, 5.74) is 0.248. The van der Waals surface area contributed by atoms with Crippen LogP contribution in [0.2, 0.25) is 0 Å². The molecule has 0 atom stereocenters. The second-order valence-electron chi connectivity index (χ2n) is 3.07. The average molecular weight is 207 g/mol. The monoisotopic (exact) mass is 207 g/mol. The molecule has 0 bridgehead atoms. The number of hydrogen-bond donors (Lipinski definition) is 2. The highest BCUT2D eigenvalue weighted by Gasteiger charge is 2.11. The van der Waals surface area contributed by atoms with Crippen molar-refractivity contribution >= 4 is 23.0 Å². The third-order valence-corrected chi connectivity index (χ3v) is 2.07. The molecule has 0 aliphatic heterocycles. The van der Waals surface area contributed by atoms with E-state index in [9.17, 15) is 9.59 Å². The maximum absolute atomic E-state index is 11.5. The highest BCUT2D eigenvalue weighted by molar-refractivity contribution is 5.89. The average Bonchev–Trinajstić information content (AvgIpc) is 2.64. The van der Waals surface area contributed by atoms with Gasteiger partial charge in [-0.15, -0.1) is 0 Å². The van der Waals surface area contributed by atoms with Crippen LogP contribution in [0, 0.1) is 0 Å². The molecule has 15 heavy (non-hydrogen) atoms. The van der Waals surface area contributed by atoms with Crippen molar-refractivity contribution in [3.63, 3.8) is 0 Å². The van der Waals surface area contributed by atoms with Crippen LogP contribution in [0.4, 0.5) is 5.95 Å². The van der Waals surface area contributed by atoms with Crippen LogP contribution in [0.5, 0.6) is 0 Å². The predicted molar refractivity (Wildman–Crippen MR) is 53.6 cm³/mol. The number of carbonyl (C=O) groups excluding carboxylic acids is 1. The first-order valence-corrected chi connectivity index (χ1v) is 4.27. The standard InChI is InChI=1S/C8H9N5O2/c1-4(14)13(2)8-11-6-5(7(15)12-8)9-3-10-6/h3H,1-2H3,(H2,9,10,11,12,15). The molecular formula is C8H9N5O2. The summed E-state index contributed by atoms with van der Waals surface area (Å²) in [6, 6.07) is 0. The number of rotatable bonds is 1. The Morgan fingerprint density at radius 3 is 2.93 bits per heavy atom. The molecule has 0 radical (unpaired) electrons. The number of amides is 1. The fourth-order valence-electron chi connectivity index (χ4n) is 1.14. The second kappa shape index (κ2) is 3.19. The third kappa shape index (κ3) is 1.47. The summed E-state index contributed by atoms with van der Waals surface area (Å²) in [6.45, 7) is 1.38. The van der Waals surface area contributed by atoms with Crippen molar-refractivity contribution in [1.82, 2.24) is 19.9 Å². The fraction of sp³-hybridized carbons (Fsp3) is 0.250. The second-order valence-corrected chi connectivity index (χ2v) is 3.07. The molecule has 2 heterocycles. The van der Waals surface area contributed by atoms with E-state index in [0.717, 1.165) is 0 Å². The van der Waals surface area contributed by atoms with Crippen LogP contribution in [0.25, 0.3) is 11.2 Å². The molecule has 1 amide bonds. The van der Waals surface area contributed by atoms with Crippen LogP contribution >= 0.6 is 0 Å². The minimum atomic E-state index is -0.347. The first-order chi connectivity index (χ1) is 7.09. The lowest BCUT2D eigenvalue weighted by Gasteiger charge is -2.11. The van der Waals surface area contributed by atoms with Gasteiger partial charge in [0, 0.05) is 14.0 Å². The van der Waals surface area contributed by atoms with Crippen molar-refractivity contribution in [3.05, 3.63) is 16.7 Å². The molecule has 2 aromatic heterocycles. The molecule has 7 heteroatoms. The maximum Gasteiger partial charge on any atom is 0.278 e. The van der Waals surface area contributed by atoms with Crippen molar-refractivity contribution in [2.75, 3.05) is 11.9 Å². The van der Waals surface area contributed by atoms with Gasteiger partial charge < -0.3 is 4.98 Å². The van der Waals surface area contributed by atoms with Gasteiger partial charge in [-0.25, -0.2) is 4.98 Å². The highest BCUT2D eigenvalue weighted by Crippen LogP contribution is 2.06. The summed E-state index contributed by atoms with van der Waals surface area (Å²) in [5, 5.41) is 0. The Balaban J connectivity index is 2.64. The molecule has 0 unspecified atom stereocenters. The largest absolute Gasteiger partial charge is 0.339 e. The van der Waals surface area contributed by atoms with Gasteiger partial charge >= 0.3 is 0 Å². The molecule has 2 rings (SSSR count). The van der Waals surface area contributed by atoms with E-state index < -0.39 is 0 Å². The lowest BCUT2D eigenvalue weighted by atomic mass is 10.5. The number of nitrogens with zero attached hydrogens (tertiary/aromatic N) is 3. The van der Waals surface area contributed by atoms with E-state index in [4.69, 9.17) is 0 Å². The number of aromatic nitrogens is 4. The Bertz CT molecular complexity index is 570. The number of nitrogens with one attached hydrogen (secondary N) is 2. The SMILES string of the molecule is CC(=O)N(C)c1nc2nc[nH]c2c(=O)[nH]1. The molecule has 0 aromatic carbocycles. The first-order valence-electron chi connectivity index (χ1n) is 4.27. The van der Waals surface area contributed by atoms with E-state index >= 15 is 0 Å². The lowest BCUT2D eigenvalue weighted by molar-refractivity contribution is -0.116. The van der Waals surface area contributed by atoms with Gasteiger partial charge in [-0.05, 0) is 0 Å². The third-order valence-electron chi connectivity index (χ3n) is 2.07. The summed E-state index contributed by atoms with van der Waals surface area (Å²) in [7, 11) is 1.53. The minimum Gasteiger partial charge on any atom is -0.339 e. The van der Waals surface area contributed by atoms with Crippen LogP contribution in [0.1, 0.15) is 6.92 Å².